The van der Waals surface area contributed by atoms with Gasteiger partial charge in [-0.3, -0.25) is 43.1 Å². The number of methoxy groups -OCH3 is 4. The molecule has 4 fully saturated rings. The number of carbonyl (C=O) groups is 6. The summed E-state index contributed by atoms with van der Waals surface area (Å²) in [6, 6.07) is 15.3. The topological polar surface area (TPSA) is 370 Å². The summed E-state index contributed by atoms with van der Waals surface area (Å²) in [4.78, 5) is 123. The summed E-state index contributed by atoms with van der Waals surface area (Å²) in [5.41, 5.74) is 10.4. The van der Waals surface area contributed by atoms with Gasteiger partial charge in [-0.25, -0.2) is 19.6 Å². The van der Waals surface area contributed by atoms with Gasteiger partial charge in [0.2, 0.25) is 11.7 Å². The summed E-state index contributed by atoms with van der Waals surface area (Å²) in [7, 11) is 7.97. The molecule has 2 N–H and O–H groups in total. The zero-order valence-electron chi connectivity index (χ0n) is 84.8. The maximum atomic E-state index is 14.9. The molecule has 140 heavy (non-hydrogen) atoms. The van der Waals surface area contributed by atoms with E-state index in [1.165, 1.54) is 12.0 Å². The Morgan fingerprint density at radius 1 is 0.593 bits per heavy atom. The van der Waals surface area contributed by atoms with Crippen LogP contribution in [0.1, 0.15) is 168 Å². The Morgan fingerprint density at radius 2 is 1.24 bits per heavy atom. The standard InChI is InChI=1S/C107H153N9O24/c1-71-21-16-15-17-22-72(2)93(126-11)65-86-33-25-78(8)107(125,140-86)102(121)103(122)115-38-19-18-23-90(115)104(123)139-95(66-94(127-12)74(4)60-77(7)100(120)101(129-14)99(119)76(6)59-71)75(5)61-80-28-36-92(96(63-80)128-13)138-97(118)24-20-43-130-45-47-132-49-51-134-53-55-136-57-58-137-56-54-135-52-50-133-48-46-131-44-37-85(117)32-27-81-67-110-105(111-68-81)114-41-39-113(40-42-114)89-35-31-84(62-73(89)3)116-98-87-64-82(83-29-26-79(9)108-69-83)30-34-88(87)109-70-91(98)112(10)106(116)124/h15-17,21-22,26,29-31,34-35,60,62,64,67-71,74-76,78,80,86,90,92-96,100-101,120,125H,18-20,23-25,27-28,32-33,36-59,61,63,65-66H2,1-14H3/b17-15+,21-16+,72-22+,77-60+/t71-,74-,75-,76-,78-,80+,86+,90+,92-,93+,94-,95+,96-,100-,101+,107-/m1/s1. The molecular weight excluding hydrogens is 1800 g/mol. The second-order valence-electron chi connectivity index (χ2n) is 38.2. The van der Waals surface area contributed by atoms with Gasteiger partial charge in [0.05, 0.1) is 152 Å². The van der Waals surface area contributed by atoms with E-state index < -0.39 is 90.2 Å². The van der Waals surface area contributed by atoms with E-state index in [1.54, 1.807) is 57.6 Å². The average molecular weight is 1950 g/mol. The SMILES string of the molecule is CO[C@H]1C[C@@H]2CC[C@@H](C)[C@@](O)(O2)C(=O)C(=O)N2CCCC[C@H]2C(=O)O[C@H]([C@H](C)C[C@@H]2CC[C@@H](OC(=O)CCCOCCOCCOCCOCCOCCOCCOCCOCCC(=O)CCc3cnc(N4CCN(c5ccc(-n6c(=O)n(C)c7cnc8ccc(-c9ccc(C)nc9)cc8c76)cc5C)CC4)nc3)[C@H](OC)C2)C[C@@H](OC)[C@H](C)/C=C(\C)[C@@H](O)[C@@H](OC)C(=O)[C@H](C)C[C@H](C)/C=C/C=C/C=C/1C. The number of Topliss-reactive ketones (excluding diaryl/α,β-unsaturated/α-hetero) is 3. The molecule has 4 aromatic heterocycles. The van der Waals surface area contributed by atoms with Crippen LogP contribution in [0.2, 0.25) is 0 Å². The first-order valence-electron chi connectivity index (χ1n) is 50.3. The number of aliphatic hydroxyl groups excluding tert-OH is 1. The molecule has 0 spiro atoms. The smallest absolute Gasteiger partial charge is 0.333 e. The van der Waals surface area contributed by atoms with Crippen molar-refractivity contribution in [1.82, 2.24) is 34.0 Å². The van der Waals surface area contributed by atoms with E-state index in [0.717, 1.165) is 93.0 Å². The molecule has 33 nitrogen and oxygen atoms in total. The van der Waals surface area contributed by atoms with E-state index in [2.05, 4.69) is 55.9 Å². The number of benzene rings is 2. The average Bonchev–Trinajstić information content (AvgIpc) is 1.57. The normalized spacial score (nSPS) is 26.3. The van der Waals surface area contributed by atoms with Crippen LogP contribution in [0.25, 0.3) is 38.8 Å². The molecule has 6 aromatic rings. The van der Waals surface area contributed by atoms with Crippen LogP contribution >= 0.6 is 0 Å². The maximum Gasteiger partial charge on any atom is 0.333 e. The third-order valence-corrected chi connectivity index (χ3v) is 27.8. The number of fused-ring (bicyclic) bond motifs is 6. The van der Waals surface area contributed by atoms with Crippen LogP contribution in [0.5, 0.6) is 0 Å². The van der Waals surface area contributed by atoms with Crippen molar-refractivity contribution in [2.75, 3.05) is 177 Å². The minimum absolute atomic E-state index is 0.00984. The number of carbonyl (C=O) groups excluding carboxylic acids is 6. The number of allylic oxidation sites excluding steroid dienone is 5. The fraction of sp³-hybridized carbons (Fsp3) is 0.636. The molecule has 1 saturated carbocycles. The zero-order valence-corrected chi connectivity index (χ0v) is 84.8. The monoisotopic (exact) mass is 1950 g/mol. The third kappa shape index (κ3) is 31.9. The van der Waals surface area contributed by atoms with Crippen molar-refractivity contribution in [1.29, 1.82) is 0 Å². The molecule has 1 amide bonds. The highest BCUT2D eigenvalue weighted by atomic mass is 16.6. The van der Waals surface area contributed by atoms with Crippen molar-refractivity contribution in [3.05, 3.63) is 148 Å². The number of pyridine rings is 2. The molecule has 3 saturated heterocycles. The zero-order chi connectivity index (χ0) is 100. The van der Waals surface area contributed by atoms with Crippen LogP contribution in [-0.2, 0) is 113 Å². The number of ketones is 3. The Balaban J connectivity index is 0.500. The lowest BCUT2D eigenvalue weighted by atomic mass is 9.78. The Kier molecular flexibility index (Phi) is 45.0. The van der Waals surface area contributed by atoms with Crippen LogP contribution in [0, 0.1) is 49.4 Å². The van der Waals surface area contributed by atoms with Crippen LogP contribution in [0.15, 0.2) is 126 Å². The van der Waals surface area contributed by atoms with E-state index in [1.807, 2.05) is 121 Å². The number of aromatic nitrogens is 6. The third-order valence-electron chi connectivity index (χ3n) is 27.8. The second-order valence-corrected chi connectivity index (χ2v) is 38.2. The van der Waals surface area contributed by atoms with Gasteiger partial charge in [-0.15, -0.1) is 0 Å². The number of aliphatic hydroxyl groups is 2. The quantitative estimate of drug-likeness (QED) is 0.0155. The van der Waals surface area contributed by atoms with Gasteiger partial charge >= 0.3 is 17.6 Å². The van der Waals surface area contributed by atoms with E-state index in [-0.39, 0.29) is 72.7 Å². The predicted molar refractivity (Wildman–Crippen MR) is 532 cm³/mol. The minimum atomic E-state index is -2.45. The number of nitrogens with zero attached hydrogens (tertiary/aromatic N) is 9. The summed E-state index contributed by atoms with van der Waals surface area (Å²) >= 11 is 0. The van der Waals surface area contributed by atoms with Gasteiger partial charge in [0.1, 0.15) is 36.2 Å². The van der Waals surface area contributed by atoms with Crippen LogP contribution in [0.3, 0.4) is 0 Å². The lowest BCUT2D eigenvalue weighted by Crippen LogP contribution is -2.61. The second kappa shape index (κ2) is 56.7. The number of cyclic esters (lactones) is 1. The minimum Gasteiger partial charge on any atom is -0.460 e. The largest absolute Gasteiger partial charge is 0.460 e. The molecule has 16 atom stereocenters. The number of ether oxygens (including phenoxy) is 15. The Bertz CT molecular complexity index is 5110. The first-order chi connectivity index (χ1) is 67.6. The van der Waals surface area contributed by atoms with Crippen molar-refractivity contribution in [3.63, 3.8) is 0 Å². The van der Waals surface area contributed by atoms with Crippen LogP contribution in [0.4, 0.5) is 11.6 Å². The molecule has 5 aliphatic rings. The predicted octanol–water partition coefficient (Wildman–Crippen LogP) is 12.7. The van der Waals surface area contributed by atoms with Gasteiger partial charge in [0, 0.05) is 166 Å². The molecule has 0 radical (unpaired) electrons. The van der Waals surface area contributed by atoms with E-state index >= 15 is 0 Å². The molecular formula is C107H153N9O24. The van der Waals surface area contributed by atoms with Gasteiger partial charge in [-0.05, 0) is 187 Å². The van der Waals surface area contributed by atoms with Crippen molar-refractivity contribution >= 4 is 68.8 Å². The number of esters is 2. The van der Waals surface area contributed by atoms with E-state index in [0.29, 0.717) is 207 Å². The first kappa shape index (κ1) is 111. The maximum absolute atomic E-state index is 14.9. The highest BCUT2D eigenvalue weighted by Gasteiger charge is 2.53. The van der Waals surface area contributed by atoms with Gasteiger partial charge in [-0.1, -0.05) is 83.2 Å². The number of piperazine rings is 1. The van der Waals surface area contributed by atoms with Gasteiger partial charge in [0.15, 0.2) is 5.78 Å². The molecule has 770 valence electrons. The van der Waals surface area contributed by atoms with Crippen LogP contribution < -0.4 is 15.5 Å². The molecule has 0 unspecified atom stereocenters. The number of amides is 1. The molecule has 2 aromatic carbocycles. The van der Waals surface area contributed by atoms with Gasteiger partial charge in [-0.2, -0.15) is 0 Å². The first-order valence-corrected chi connectivity index (χ1v) is 50.3. The van der Waals surface area contributed by atoms with Gasteiger partial charge in [0.25, 0.3) is 11.7 Å². The molecule has 4 aliphatic heterocycles. The molecule has 11 rings (SSSR count). The van der Waals surface area contributed by atoms with Crippen LogP contribution in [-0.4, -0.2) is 307 Å². The molecule has 33 heteroatoms. The number of imidazole rings is 1. The molecule has 1 aliphatic carbocycles. The van der Waals surface area contributed by atoms with E-state index in [4.69, 9.17) is 76.0 Å². The summed E-state index contributed by atoms with van der Waals surface area (Å²) < 4.78 is 91.4. The van der Waals surface area contributed by atoms with Crippen molar-refractivity contribution in [3.8, 4) is 16.8 Å². The number of anilines is 2. The number of hydrogen-bond donors (Lipinski definition) is 2. The fourth-order valence-electron chi connectivity index (χ4n) is 19.4. The lowest BCUT2D eigenvalue weighted by molar-refractivity contribution is -0.265. The number of rotatable bonds is 43. The number of aryl methyl sites for hydroxylation is 4. The molecule has 2 bridgehead atoms. The fourth-order valence-corrected chi connectivity index (χ4v) is 19.4. The number of hydrogen-bond acceptors (Lipinski definition) is 30. The number of piperidine rings is 1. The summed E-state index contributed by atoms with van der Waals surface area (Å²) in [6.45, 7) is 26.5. The van der Waals surface area contributed by atoms with Crippen molar-refractivity contribution < 1.29 is 110 Å². The van der Waals surface area contributed by atoms with Gasteiger partial charge < -0.3 is 96.0 Å². The highest BCUT2D eigenvalue weighted by Crippen LogP contribution is 2.41. The Labute approximate surface area is 825 Å². The van der Waals surface area contributed by atoms with E-state index in [9.17, 15) is 43.8 Å². The lowest BCUT2D eigenvalue weighted by Gasteiger charge is -2.43. The summed E-state index contributed by atoms with van der Waals surface area (Å²) in [5, 5.41) is 24.9. The van der Waals surface area contributed by atoms with Crippen molar-refractivity contribution in [2.45, 2.75) is 232 Å². The Morgan fingerprint density at radius 3 is 1.86 bits per heavy atom. The summed E-state index contributed by atoms with van der Waals surface area (Å²) in [5.74, 6) is -6.86. The molecule has 8 heterocycles. The Hall–Kier alpha value is -9.27. The highest BCUT2D eigenvalue weighted by molar-refractivity contribution is 6.39. The van der Waals surface area contributed by atoms with Crippen molar-refractivity contribution in [2.24, 2.45) is 42.6 Å². The summed E-state index contributed by atoms with van der Waals surface area (Å²) in [6.07, 6.45) is 20.5.